The lowest BCUT2D eigenvalue weighted by Crippen LogP contribution is -2.47. The van der Waals surface area contributed by atoms with Crippen LogP contribution in [-0.4, -0.2) is 35.1 Å². The molecule has 0 radical (unpaired) electrons. The van der Waals surface area contributed by atoms with Gasteiger partial charge in [-0.05, 0) is 26.8 Å². The van der Waals surface area contributed by atoms with Crippen molar-refractivity contribution in [1.29, 1.82) is 0 Å². The third-order valence-corrected chi connectivity index (χ3v) is 3.08. The molecule has 0 aromatic carbocycles. The Bertz CT molecular complexity index is 616. The molecule has 2 atom stereocenters. The number of rotatable bonds is 2. The molecule has 1 aromatic heterocycles. The summed E-state index contributed by atoms with van der Waals surface area (Å²) in [6, 6.07) is 0.0660. The molecule has 2 rings (SSSR count). The number of nitrogens with zero attached hydrogens (tertiary/aromatic N) is 1. The second-order valence-corrected chi connectivity index (χ2v) is 6.26. The lowest BCUT2D eigenvalue weighted by atomic mass is 9.96. The number of nitrogens with one attached hydrogen (secondary N) is 1. The van der Waals surface area contributed by atoms with Crippen molar-refractivity contribution in [1.82, 2.24) is 10.3 Å². The third-order valence-electron chi connectivity index (χ3n) is 3.08. The van der Waals surface area contributed by atoms with E-state index in [1.165, 1.54) is 0 Å². The molecule has 8 heteroatoms. The first-order valence-corrected chi connectivity index (χ1v) is 7.09. The highest BCUT2D eigenvalue weighted by Crippen LogP contribution is 2.29. The molecule has 1 N–H and O–H groups in total. The van der Waals surface area contributed by atoms with Gasteiger partial charge in [0.1, 0.15) is 24.1 Å². The molecule has 1 amide bonds. The van der Waals surface area contributed by atoms with Gasteiger partial charge in [0, 0.05) is 12.0 Å². The smallest absolute Gasteiger partial charge is 0.407 e. The average molecular weight is 328 g/mol. The third kappa shape index (κ3) is 4.69. The largest absolute Gasteiger partial charge is 0.444 e. The van der Waals surface area contributed by atoms with Crippen molar-refractivity contribution in [2.45, 2.75) is 44.9 Å². The summed E-state index contributed by atoms with van der Waals surface area (Å²) in [5.74, 6) is -1.91. The molecule has 1 aliphatic heterocycles. The first kappa shape index (κ1) is 17.3. The number of alkyl carbamates (subject to hydrolysis) is 1. The van der Waals surface area contributed by atoms with Gasteiger partial charge in [-0.3, -0.25) is 4.79 Å². The Hall–Kier alpha value is -2.09. The van der Waals surface area contributed by atoms with Crippen LogP contribution in [0, 0.1) is 11.8 Å². The van der Waals surface area contributed by atoms with Gasteiger partial charge in [-0.15, -0.1) is 0 Å². The molecule has 0 saturated carbocycles. The zero-order valence-corrected chi connectivity index (χ0v) is 13.1. The van der Waals surface area contributed by atoms with Gasteiger partial charge in [-0.2, -0.15) is 4.39 Å². The topological polar surface area (TPSA) is 77.5 Å². The number of carbonyl (C=O) groups is 2. The summed E-state index contributed by atoms with van der Waals surface area (Å²) in [5.41, 5.74) is -0.885. The molecule has 2 heterocycles. The standard InChI is InChI=1S/C15H18F2N2O4/c1-15(2,3)23-14(21)19-11-5-9(20)7-22-12(11)10-4-8(16)6-18-13(10)17/h4,6,11-12H,5,7H2,1-3H3,(H,19,21). The SMILES string of the molecule is CC(C)(C)OC(=O)NC1CC(=O)COC1c1cc(F)cnc1F. The summed E-state index contributed by atoms with van der Waals surface area (Å²) in [7, 11) is 0. The van der Waals surface area contributed by atoms with Gasteiger partial charge in [-0.25, -0.2) is 14.2 Å². The Morgan fingerprint density at radius 1 is 1.43 bits per heavy atom. The first-order chi connectivity index (χ1) is 10.7. The molecular formula is C15H18F2N2O4. The van der Waals surface area contributed by atoms with E-state index in [1.807, 2.05) is 0 Å². The number of ether oxygens (including phenoxy) is 2. The van der Waals surface area contributed by atoms with Gasteiger partial charge in [0.25, 0.3) is 0 Å². The maximum absolute atomic E-state index is 13.8. The molecule has 0 spiro atoms. The molecule has 1 saturated heterocycles. The number of halogens is 2. The molecule has 1 aromatic rings. The van der Waals surface area contributed by atoms with Crippen molar-refractivity contribution in [3.05, 3.63) is 29.6 Å². The number of aromatic nitrogens is 1. The first-order valence-electron chi connectivity index (χ1n) is 7.09. The van der Waals surface area contributed by atoms with Crippen LogP contribution in [0.5, 0.6) is 0 Å². The van der Waals surface area contributed by atoms with E-state index < -0.39 is 35.6 Å². The fraction of sp³-hybridized carbons (Fsp3) is 0.533. The number of hydrogen-bond acceptors (Lipinski definition) is 5. The Balaban J connectivity index is 2.21. The highest BCUT2D eigenvalue weighted by Gasteiger charge is 2.35. The molecule has 6 nitrogen and oxygen atoms in total. The van der Waals surface area contributed by atoms with Gasteiger partial charge in [0.05, 0.1) is 12.2 Å². The fourth-order valence-electron chi connectivity index (χ4n) is 2.24. The van der Waals surface area contributed by atoms with Gasteiger partial charge in [0.15, 0.2) is 5.78 Å². The average Bonchev–Trinajstić information content (AvgIpc) is 2.40. The summed E-state index contributed by atoms with van der Waals surface area (Å²) < 4.78 is 37.6. The highest BCUT2D eigenvalue weighted by molar-refractivity contribution is 5.82. The summed E-state index contributed by atoms with van der Waals surface area (Å²) >= 11 is 0. The van der Waals surface area contributed by atoms with Crippen LogP contribution in [-0.2, 0) is 14.3 Å². The van der Waals surface area contributed by atoms with Gasteiger partial charge < -0.3 is 14.8 Å². The van der Waals surface area contributed by atoms with Crippen molar-refractivity contribution >= 4 is 11.9 Å². The molecule has 0 bridgehead atoms. The molecule has 2 unspecified atom stereocenters. The van der Waals surface area contributed by atoms with Crippen LogP contribution in [0.3, 0.4) is 0 Å². The summed E-state index contributed by atoms with van der Waals surface area (Å²) in [4.78, 5) is 26.7. The lowest BCUT2D eigenvalue weighted by Gasteiger charge is -2.32. The highest BCUT2D eigenvalue weighted by atomic mass is 19.1. The van der Waals surface area contributed by atoms with Gasteiger partial charge in [-0.1, -0.05) is 0 Å². The number of amides is 1. The van der Waals surface area contributed by atoms with Crippen molar-refractivity contribution in [2.75, 3.05) is 6.61 Å². The van der Waals surface area contributed by atoms with Crippen LogP contribution in [0.15, 0.2) is 12.3 Å². The Morgan fingerprint density at radius 3 is 2.78 bits per heavy atom. The number of pyridine rings is 1. The monoisotopic (exact) mass is 328 g/mol. The van der Waals surface area contributed by atoms with E-state index in [1.54, 1.807) is 20.8 Å². The van der Waals surface area contributed by atoms with E-state index in [4.69, 9.17) is 9.47 Å². The zero-order chi connectivity index (χ0) is 17.2. The van der Waals surface area contributed by atoms with Crippen molar-refractivity contribution < 1.29 is 27.8 Å². The Labute approximate surface area is 132 Å². The summed E-state index contributed by atoms with van der Waals surface area (Å²) in [6.07, 6.45) is -1.12. The fourth-order valence-corrected chi connectivity index (χ4v) is 2.24. The summed E-state index contributed by atoms with van der Waals surface area (Å²) in [6.45, 7) is 4.81. The van der Waals surface area contributed by atoms with Crippen molar-refractivity contribution in [3.63, 3.8) is 0 Å². The molecule has 0 aliphatic carbocycles. The predicted octanol–water partition coefficient (Wildman–Crippen LogP) is 2.28. The van der Waals surface area contributed by atoms with Crippen LogP contribution in [0.4, 0.5) is 13.6 Å². The van der Waals surface area contributed by atoms with E-state index in [2.05, 4.69) is 10.3 Å². The summed E-state index contributed by atoms with van der Waals surface area (Å²) in [5, 5.41) is 2.48. The van der Waals surface area contributed by atoms with E-state index in [-0.39, 0.29) is 24.4 Å². The maximum atomic E-state index is 13.8. The second kappa shape index (κ2) is 6.57. The van der Waals surface area contributed by atoms with Crippen LogP contribution in [0.1, 0.15) is 38.9 Å². The molecular weight excluding hydrogens is 310 g/mol. The quantitative estimate of drug-likeness (QED) is 0.843. The normalized spacial score (nSPS) is 21.9. The number of ketones is 1. The molecule has 23 heavy (non-hydrogen) atoms. The Morgan fingerprint density at radius 2 is 2.13 bits per heavy atom. The van der Waals surface area contributed by atoms with Crippen LogP contribution < -0.4 is 5.32 Å². The van der Waals surface area contributed by atoms with Crippen LogP contribution in [0.25, 0.3) is 0 Å². The van der Waals surface area contributed by atoms with E-state index in [9.17, 15) is 18.4 Å². The number of Topliss-reactive ketones (excluding diaryl/α,β-unsaturated/α-hetero) is 1. The molecule has 126 valence electrons. The Kier molecular flexibility index (Phi) is 4.93. The van der Waals surface area contributed by atoms with Gasteiger partial charge in [0.2, 0.25) is 5.95 Å². The number of carbonyl (C=O) groups excluding carboxylic acids is 2. The van der Waals surface area contributed by atoms with E-state index in [0.717, 1.165) is 12.3 Å². The molecule has 1 aliphatic rings. The number of hydrogen-bond donors (Lipinski definition) is 1. The van der Waals surface area contributed by atoms with Crippen molar-refractivity contribution in [2.24, 2.45) is 0 Å². The predicted molar refractivity (Wildman–Crippen MR) is 75.6 cm³/mol. The second-order valence-electron chi connectivity index (χ2n) is 6.26. The zero-order valence-electron chi connectivity index (χ0n) is 13.1. The van der Waals surface area contributed by atoms with Gasteiger partial charge >= 0.3 is 6.09 Å². The maximum Gasteiger partial charge on any atom is 0.407 e. The molecule has 1 fully saturated rings. The van der Waals surface area contributed by atoms with E-state index in [0.29, 0.717) is 0 Å². The lowest BCUT2D eigenvalue weighted by molar-refractivity contribution is -0.133. The minimum Gasteiger partial charge on any atom is -0.444 e. The van der Waals surface area contributed by atoms with Crippen LogP contribution in [0.2, 0.25) is 0 Å². The van der Waals surface area contributed by atoms with Crippen LogP contribution >= 0.6 is 0 Å². The van der Waals surface area contributed by atoms with E-state index >= 15 is 0 Å². The minimum atomic E-state index is -1.02. The van der Waals surface area contributed by atoms with Crippen molar-refractivity contribution in [3.8, 4) is 0 Å². The minimum absolute atomic E-state index is 0.0696.